The number of nitrogens with zero attached hydrogens (tertiary/aromatic N) is 2. The van der Waals surface area contributed by atoms with Gasteiger partial charge in [0.1, 0.15) is 12.3 Å². The Hall–Kier alpha value is -3.22. The number of carbonyl (C=O) groups excluding carboxylic acids is 1. The van der Waals surface area contributed by atoms with Crippen molar-refractivity contribution in [2.45, 2.75) is 13.5 Å². The van der Waals surface area contributed by atoms with Crippen LogP contribution in [0.15, 0.2) is 51.8 Å². The molecular weight excluding hydrogens is 298 g/mol. The van der Waals surface area contributed by atoms with Crippen molar-refractivity contribution in [2.24, 2.45) is 0 Å². The number of aryl methyl sites for hydroxylation is 1. The van der Waals surface area contributed by atoms with E-state index in [1.807, 2.05) is 31.2 Å². The summed E-state index contributed by atoms with van der Waals surface area (Å²) in [5.74, 6) is -0.0562. The Bertz CT molecular complexity index is 860. The molecule has 0 aliphatic rings. The first-order chi connectivity index (χ1) is 11.1. The highest BCUT2D eigenvalue weighted by molar-refractivity contribution is 5.86. The van der Waals surface area contributed by atoms with Crippen LogP contribution < -0.4 is 5.56 Å². The Morgan fingerprint density at radius 2 is 2.00 bits per heavy atom. The number of benzene rings is 1. The van der Waals surface area contributed by atoms with Gasteiger partial charge in [-0.1, -0.05) is 35.0 Å². The number of ether oxygens (including phenoxy) is 1. The summed E-state index contributed by atoms with van der Waals surface area (Å²) in [5.41, 5.74) is 2.16. The normalized spacial score (nSPS) is 10.5. The molecule has 0 saturated heterocycles. The summed E-state index contributed by atoms with van der Waals surface area (Å²) in [6, 6.07) is 12.0. The quantitative estimate of drug-likeness (QED) is 0.741. The minimum atomic E-state index is -0.652. The number of nitrogens with one attached hydrogen (secondary N) is 1. The third-order valence-corrected chi connectivity index (χ3v) is 3.13. The zero-order valence-corrected chi connectivity index (χ0v) is 12.3. The monoisotopic (exact) mass is 311 g/mol. The molecule has 3 rings (SSSR count). The Balaban J connectivity index is 1.65. The predicted octanol–water partition coefficient (Wildman–Crippen LogP) is 2.09. The number of esters is 1. The van der Waals surface area contributed by atoms with Crippen LogP contribution in [0.5, 0.6) is 0 Å². The number of aromatic amines is 1. The van der Waals surface area contributed by atoms with Crippen molar-refractivity contribution >= 4 is 5.97 Å². The summed E-state index contributed by atoms with van der Waals surface area (Å²) in [6.07, 6.45) is 0. The molecule has 2 heterocycles. The zero-order valence-electron chi connectivity index (χ0n) is 12.3. The van der Waals surface area contributed by atoms with Crippen molar-refractivity contribution in [3.63, 3.8) is 0 Å². The zero-order chi connectivity index (χ0) is 16.2. The smallest absolute Gasteiger partial charge is 0.359 e. The molecule has 0 atom stereocenters. The van der Waals surface area contributed by atoms with Gasteiger partial charge in [0.2, 0.25) is 0 Å². The van der Waals surface area contributed by atoms with Gasteiger partial charge in [-0.2, -0.15) is 5.10 Å². The summed E-state index contributed by atoms with van der Waals surface area (Å²) in [7, 11) is 0. The van der Waals surface area contributed by atoms with Crippen molar-refractivity contribution in [3.05, 3.63) is 69.8 Å². The molecule has 7 heteroatoms. The first kappa shape index (κ1) is 14.7. The average molecular weight is 311 g/mol. The van der Waals surface area contributed by atoms with Crippen molar-refractivity contribution < 1.29 is 14.1 Å². The first-order valence-corrected chi connectivity index (χ1v) is 6.87. The second-order valence-electron chi connectivity index (χ2n) is 4.93. The van der Waals surface area contributed by atoms with Gasteiger partial charge in [0, 0.05) is 17.7 Å². The Labute approximate surface area is 130 Å². The SMILES string of the molecule is Cc1ccc(-c2cc(COC(=O)c3ccc(=O)[nH]n3)no2)cc1. The molecule has 23 heavy (non-hydrogen) atoms. The van der Waals surface area contributed by atoms with Crippen LogP contribution in [0.2, 0.25) is 0 Å². The molecule has 0 bridgehead atoms. The van der Waals surface area contributed by atoms with Gasteiger partial charge >= 0.3 is 5.97 Å². The number of H-pyrrole nitrogens is 1. The van der Waals surface area contributed by atoms with Crippen molar-refractivity contribution in [3.8, 4) is 11.3 Å². The van der Waals surface area contributed by atoms with Gasteiger partial charge in [-0.3, -0.25) is 4.79 Å². The summed E-state index contributed by atoms with van der Waals surface area (Å²) < 4.78 is 10.3. The maximum absolute atomic E-state index is 11.8. The molecule has 0 aliphatic carbocycles. The Morgan fingerprint density at radius 3 is 2.70 bits per heavy atom. The van der Waals surface area contributed by atoms with Crippen LogP contribution >= 0.6 is 0 Å². The van der Waals surface area contributed by atoms with E-state index in [4.69, 9.17) is 9.26 Å². The van der Waals surface area contributed by atoms with Crippen LogP contribution in [0.1, 0.15) is 21.7 Å². The third-order valence-electron chi connectivity index (χ3n) is 3.13. The molecule has 0 fully saturated rings. The molecule has 0 spiro atoms. The Morgan fingerprint density at radius 1 is 1.22 bits per heavy atom. The maximum Gasteiger partial charge on any atom is 0.359 e. The predicted molar refractivity (Wildman–Crippen MR) is 80.7 cm³/mol. The van der Waals surface area contributed by atoms with Crippen LogP contribution in [0.25, 0.3) is 11.3 Å². The molecule has 2 aromatic heterocycles. The van der Waals surface area contributed by atoms with E-state index in [0.29, 0.717) is 11.5 Å². The Kier molecular flexibility index (Phi) is 4.01. The van der Waals surface area contributed by atoms with Crippen LogP contribution in [0.3, 0.4) is 0 Å². The highest BCUT2D eigenvalue weighted by atomic mass is 16.5. The van der Waals surface area contributed by atoms with E-state index >= 15 is 0 Å². The highest BCUT2D eigenvalue weighted by Crippen LogP contribution is 2.21. The fraction of sp³-hybridized carbons (Fsp3) is 0.125. The number of hydrogen-bond acceptors (Lipinski definition) is 6. The van der Waals surface area contributed by atoms with Crippen LogP contribution in [-0.2, 0) is 11.3 Å². The molecule has 0 aliphatic heterocycles. The van der Waals surface area contributed by atoms with E-state index in [9.17, 15) is 9.59 Å². The molecule has 0 radical (unpaired) electrons. The second-order valence-corrected chi connectivity index (χ2v) is 4.93. The topological polar surface area (TPSA) is 98.1 Å². The number of hydrogen-bond donors (Lipinski definition) is 1. The van der Waals surface area contributed by atoms with Gasteiger partial charge in [0.05, 0.1) is 0 Å². The lowest BCUT2D eigenvalue weighted by Crippen LogP contribution is -2.13. The van der Waals surface area contributed by atoms with Gasteiger partial charge in [-0.25, -0.2) is 9.89 Å². The molecule has 116 valence electrons. The van der Waals surface area contributed by atoms with Crippen LogP contribution in [0, 0.1) is 6.92 Å². The molecule has 3 aromatic rings. The summed E-state index contributed by atoms with van der Waals surface area (Å²) in [4.78, 5) is 22.7. The van der Waals surface area contributed by atoms with Crippen molar-refractivity contribution in [1.82, 2.24) is 15.4 Å². The fourth-order valence-corrected chi connectivity index (χ4v) is 1.91. The summed E-state index contributed by atoms with van der Waals surface area (Å²) in [5, 5.41) is 9.63. The van der Waals surface area contributed by atoms with E-state index in [1.165, 1.54) is 12.1 Å². The highest BCUT2D eigenvalue weighted by Gasteiger charge is 2.12. The molecule has 1 aromatic carbocycles. The lowest BCUT2D eigenvalue weighted by molar-refractivity contribution is 0.0456. The van der Waals surface area contributed by atoms with E-state index in [-0.39, 0.29) is 17.9 Å². The van der Waals surface area contributed by atoms with E-state index in [2.05, 4.69) is 15.4 Å². The molecule has 7 nitrogen and oxygen atoms in total. The number of carbonyl (C=O) groups is 1. The van der Waals surface area contributed by atoms with Crippen molar-refractivity contribution in [1.29, 1.82) is 0 Å². The molecular formula is C16H13N3O4. The second kappa shape index (κ2) is 6.27. The lowest BCUT2D eigenvalue weighted by Gasteiger charge is -2.00. The van der Waals surface area contributed by atoms with Crippen molar-refractivity contribution in [2.75, 3.05) is 0 Å². The standard InChI is InChI=1S/C16H13N3O4/c1-10-2-4-11(5-3-10)14-8-12(19-23-14)9-22-16(21)13-6-7-15(20)18-17-13/h2-8H,9H2,1H3,(H,18,20). The average Bonchev–Trinajstić information content (AvgIpc) is 3.03. The van der Waals surface area contributed by atoms with Gasteiger partial charge in [0.25, 0.3) is 5.56 Å². The van der Waals surface area contributed by atoms with Gasteiger partial charge < -0.3 is 9.26 Å². The van der Waals surface area contributed by atoms with E-state index < -0.39 is 5.97 Å². The minimum Gasteiger partial charge on any atom is -0.454 e. The van der Waals surface area contributed by atoms with Crippen LogP contribution in [0.4, 0.5) is 0 Å². The minimum absolute atomic E-state index is 0.0202. The number of rotatable bonds is 4. The van der Waals surface area contributed by atoms with E-state index in [1.54, 1.807) is 6.07 Å². The molecule has 0 saturated carbocycles. The van der Waals surface area contributed by atoms with Gasteiger partial charge in [-0.15, -0.1) is 0 Å². The lowest BCUT2D eigenvalue weighted by atomic mass is 10.1. The number of aromatic nitrogens is 3. The maximum atomic E-state index is 11.8. The molecule has 1 N–H and O–H groups in total. The van der Waals surface area contributed by atoms with Gasteiger partial charge in [-0.05, 0) is 13.0 Å². The molecule has 0 amide bonds. The first-order valence-electron chi connectivity index (χ1n) is 6.87. The van der Waals surface area contributed by atoms with Gasteiger partial charge in [0.15, 0.2) is 11.5 Å². The van der Waals surface area contributed by atoms with Crippen LogP contribution in [-0.4, -0.2) is 21.3 Å². The fourth-order valence-electron chi connectivity index (χ4n) is 1.91. The summed E-state index contributed by atoms with van der Waals surface area (Å²) >= 11 is 0. The third kappa shape index (κ3) is 3.52. The summed E-state index contributed by atoms with van der Waals surface area (Å²) in [6.45, 7) is 1.95. The van der Waals surface area contributed by atoms with E-state index in [0.717, 1.165) is 11.1 Å². The largest absolute Gasteiger partial charge is 0.454 e. The molecule has 0 unspecified atom stereocenters.